The van der Waals surface area contributed by atoms with Crippen molar-refractivity contribution < 1.29 is 9.47 Å². The Morgan fingerprint density at radius 1 is 1.00 bits per heavy atom. The zero-order valence-electron chi connectivity index (χ0n) is 11.5. The van der Waals surface area contributed by atoms with E-state index >= 15 is 0 Å². The molecule has 0 fully saturated rings. The van der Waals surface area contributed by atoms with E-state index in [2.05, 4.69) is 0 Å². The van der Waals surface area contributed by atoms with Gasteiger partial charge in [0, 0.05) is 18.5 Å². The van der Waals surface area contributed by atoms with E-state index in [9.17, 15) is 0 Å². The Morgan fingerprint density at radius 3 is 2.40 bits per heavy atom. The molecule has 0 amide bonds. The predicted octanol–water partition coefficient (Wildman–Crippen LogP) is 3.59. The molecule has 4 heteroatoms. The van der Waals surface area contributed by atoms with Crippen LogP contribution in [-0.2, 0) is 0 Å². The summed E-state index contributed by atoms with van der Waals surface area (Å²) >= 11 is 0. The third-order valence-electron chi connectivity index (χ3n) is 2.97. The highest BCUT2D eigenvalue weighted by Crippen LogP contribution is 2.20. The average molecular weight is 294 g/mol. The highest BCUT2D eigenvalue weighted by atomic mass is 35.5. The molecule has 0 spiro atoms. The van der Waals surface area contributed by atoms with Crippen molar-refractivity contribution in [3.05, 3.63) is 60.2 Å². The molecule has 2 aromatic carbocycles. The lowest BCUT2D eigenvalue weighted by atomic mass is 10.1. The molecule has 2 N–H and O–H groups in total. The van der Waals surface area contributed by atoms with Crippen molar-refractivity contribution in [1.82, 2.24) is 0 Å². The second kappa shape index (κ2) is 8.46. The van der Waals surface area contributed by atoms with E-state index in [1.807, 2.05) is 54.6 Å². The van der Waals surface area contributed by atoms with E-state index in [1.165, 1.54) is 0 Å². The molecule has 0 heterocycles. The summed E-state index contributed by atoms with van der Waals surface area (Å²) in [5.41, 5.74) is 7.25. The van der Waals surface area contributed by atoms with E-state index in [1.54, 1.807) is 7.11 Å². The first-order chi connectivity index (χ1) is 9.29. The lowest BCUT2D eigenvalue weighted by molar-refractivity contribution is 0.296. The molecule has 1 atom stereocenters. The van der Waals surface area contributed by atoms with Gasteiger partial charge in [0.25, 0.3) is 0 Å². The molecule has 0 aromatic heterocycles. The van der Waals surface area contributed by atoms with Crippen LogP contribution in [0.4, 0.5) is 0 Å². The maximum atomic E-state index is 6.11. The average Bonchev–Trinajstić information content (AvgIpc) is 2.48. The molecule has 0 bridgehead atoms. The minimum absolute atomic E-state index is 0. The number of halogens is 1. The molecular formula is C16H20ClNO2. The van der Waals surface area contributed by atoms with Crippen LogP contribution in [0.1, 0.15) is 18.0 Å². The zero-order valence-corrected chi connectivity index (χ0v) is 12.3. The van der Waals surface area contributed by atoms with Gasteiger partial charge in [0.2, 0.25) is 0 Å². The first kappa shape index (κ1) is 16.3. The largest absolute Gasteiger partial charge is 0.497 e. The van der Waals surface area contributed by atoms with Gasteiger partial charge in [-0.15, -0.1) is 12.4 Å². The predicted molar refractivity (Wildman–Crippen MR) is 83.7 cm³/mol. The maximum absolute atomic E-state index is 6.11. The summed E-state index contributed by atoms with van der Waals surface area (Å²) < 4.78 is 10.8. The molecule has 0 aliphatic heterocycles. The summed E-state index contributed by atoms with van der Waals surface area (Å²) in [6.07, 6.45) is 0.779. The lowest BCUT2D eigenvalue weighted by Gasteiger charge is -2.13. The summed E-state index contributed by atoms with van der Waals surface area (Å²) in [6.45, 7) is 0.587. The van der Waals surface area contributed by atoms with E-state index in [0.29, 0.717) is 6.61 Å². The number of hydrogen-bond donors (Lipinski definition) is 1. The van der Waals surface area contributed by atoms with Gasteiger partial charge in [-0.3, -0.25) is 0 Å². The van der Waals surface area contributed by atoms with Gasteiger partial charge in [0.1, 0.15) is 11.5 Å². The van der Waals surface area contributed by atoms with Crippen molar-refractivity contribution in [2.24, 2.45) is 5.73 Å². The second-order valence-corrected chi connectivity index (χ2v) is 4.33. The van der Waals surface area contributed by atoms with Gasteiger partial charge in [0.15, 0.2) is 0 Å². The molecule has 2 rings (SSSR count). The van der Waals surface area contributed by atoms with Gasteiger partial charge in [-0.1, -0.05) is 36.4 Å². The third kappa shape index (κ3) is 4.76. The van der Waals surface area contributed by atoms with Crippen LogP contribution >= 0.6 is 12.4 Å². The molecule has 108 valence electrons. The van der Waals surface area contributed by atoms with Crippen molar-refractivity contribution in [2.75, 3.05) is 13.7 Å². The topological polar surface area (TPSA) is 44.5 Å². The molecule has 0 radical (unpaired) electrons. The van der Waals surface area contributed by atoms with Crippen LogP contribution in [0, 0.1) is 0 Å². The van der Waals surface area contributed by atoms with E-state index < -0.39 is 0 Å². The molecule has 0 aliphatic carbocycles. The van der Waals surface area contributed by atoms with Gasteiger partial charge in [-0.25, -0.2) is 0 Å². The fourth-order valence-corrected chi connectivity index (χ4v) is 1.86. The molecule has 0 saturated heterocycles. The summed E-state index contributed by atoms with van der Waals surface area (Å²) in [5, 5.41) is 0. The van der Waals surface area contributed by atoms with Gasteiger partial charge < -0.3 is 15.2 Å². The van der Waals surface area contributed by atoms with Crippen molar-refractivity contribution >= 4 is 12.4 Å². The summed E-state index contributed by atoms with van der Waals surface area (Å²) in [7, 11) is 1.64. The van der Waals surface area contributed by atoms with Crippen LogP contribution in [0.15, 0.2) is 54.6 Å². The zero-order chi connectivity index (χ0) is 13.5. The summed E-state index contributed by atoms with van der Waals surface area (Å²) in [6, 6.07) is 17.6. The van der Waals surface area contributed by atoms with E-state index in [0.717, 1.165) is 23.5 Å². The Bertz CT molecular complexity index is 505. The van der Waals surface area contributed by atoms with E-state index in [4.69, 9.17) is 15.2 Å². The number of methoxy groups -OCH3 is 1. The van der Waals surface area contributed by atoms with Gasteiger partial charge >= 0.3 is 0 Å². The molecule has 0 aliphatic rings. The minimum Gasteiger partial charge on any atom is -0.497 e. The molecule has 20 heavy (non-hydrogen) atoms. The van der Waals surface area contributed by atoms with Crippen molar-refractivity contribution in [1.29, 1.82) is 0 Å². The Kier molecular flexibility index (Phi) is 6.91. The second-order valence-electron chi connectivity index (χ2n) is 4.33. The van der Waals surface area contributed by atoms with Gasteiger partial charge in [-0.05, 0) is 17.7 Å². The van der Waals surface area contributed by atoms with Crippen LogP contribution in [0.25, 0.3) is 0 Å². The van der Waals surface area contributed by atoms with Crippen LogP contribution in [-0.4, -0.2) is 13.7 Å². The quantitative estimate of drug-likeness (QED) is 0.885. The highest BCUT2D eigenvalue weighted by molar-refractivity contribution is 5.85. The lowest BCUT2D eigenvalue weighted by Crippen LogP contribution is -2.14. The number of nitrogens with two attached hydrogens (primary N) is 1. The first-order valence-corrected chi connectivity index (χ1v) is 6.37. The monoisotopic (exact) mass is 293 g/mol. The summed E-state index contributed by atoms with van der Waals surface area (Å²) in [5.74, 6) is 1.60. The van der Waals surface area contributed by atoms with Gasteiger partial charge in [0.05, 0.1) is 13.7 Å². The molecule has 0 saturated carbocycles. The van der Waals surface area contributed by atoms with E-state index in [-0.39, 0.29) is 18.4 Å². The van der Waals surface area contributed by atoms with Crippen molar-refractivity contribution in [2.45, 2.75) is 12.5 Å². The van der Waals surface area contributed by atoms with Crippen LogP contribution in [0.2, 0.25) is 0 Å². The van der Waals surface area contributed by atoms with Crippen molar-refractivity contribution in [3.8, 4) is 11.5 Å². The number of rotatable bonds is 6. The Labute approximate surface area is 126 Å². The smallest absolute Gasteiger partial charge is 0.122 e. The molecule has 3 nitrogen and oxygen atoms in total. The SMILES string of the molecule is COc1cccc(OCCC(N)c2ccccc2)c1.Cl. The summed E-state index contributed by atoms with van der Waals surface area (Å²) in [4.78, 5) is 0. The van der Waals surface area contributed by atoms with Crippen LogP contribution in [0.3, 0.4) is 0 Å². The number of benzene rings is 2. The Hall–Kier alpha value is -1.71. The third-order valence-corrected chi connectivity index (χ3v) is 2.97. The normalized spacial score (nSPS) is 11.3. The maximum Gasteiger partial charge on any atom is 0.122 e. The minimum atomic E-state index is 0. The molecule has 2 aromatic rings. The Balaban J connectivity index is 0.00000200. The molecule has 1 unspecified atom stereocenters. The van der Waals surface area contributed by atoms with Crippen molar-refractivity contribution in [3.63, 3.8) is 0 Å². The van der Waals surface area contributed by atoms with Gasteiger partial charge in [-0.2, -0.15) is 0 Å². The fraction of sp³-hybridized carbons (Fsp3) is 0.250. The number of ether oxygens (including phenoxy) is 2. The standard InChI is InChI=1S/C16H19NO2.ClH/c1-18-14-8-5-9-15(12-14)19-11-10-16(17)13-6-3-2-4-7-13;/h2-9,12,16H,10-11,17H2,1H3;1H. The number of hydrogen-bond acceptors (Lipinski definition) is 3. The molecular weight excluding hydrogens is 274 g/mol. The first-order valence-electron chi connectivity index (χ1n) is 6.37. The fourth-order valence-electron chi connectivity index (χ4n) is 1.86. The van der Waals surface area contributed by atoms with Crippen LogP contribution < -0.4 is 15.2 Å². The highest BCUT2D eigenvalue weighted by Gasteiger charge is 2.05. The van der Waals surface area contributed by atoms with Crippen LogP contribution in [0.5, 0.6) is 11.5 Å². The Morgan fingerprint density at radius 2 is 1.70 bits per heavy atom.